The van der Waals surface area contributed by atoms with Crippen LogP contribution in [0.5, 0.6) is 5.75 Å². The zero-order chi connectivity index (χ0) is 45.8. The molecular weight excluding hydrogens is 791 g/mol. The molecule has 0 saturated carbocycles. The Morgan fingerprint density at radius 3 is 1.66 bits per heavy atom. The predicted octanol–water partition coefficient (Wildman–Crippen LogP) is 16.3. The van der Waals surface area contributed by atoms with Crippen LogP contribution in [0.15, 0.2) is 170 Å². The molecule has 4 nitrogen and oxygen atoms in total. The lowest BCUT2D eigenvalue weighted by atomic mass is 9.79. The molecule has 0 radical (unpaired) electrons. The van der Waals surface area contributed by atoms with Gasteiger partial charge in [0.15, 0.2) is 0 Å². The first-order chi connectivity index (χ1) is 30.9. The summed E-state index contributed by atoms with van der Waals surface area (Å²) in [6.45, 7) is 22.1. The number of para-hydroxylation sites is 1. The number of pyridine rings is 1. The maximum atomic E-state index is 12.6. The third-order valence-electron chi connectivity index (χ3n) is 12.7. The van der Waals surface area contributed by atoms with Gasteiger partial charge in [-0.05, 0) is 128 Å². The number of benzene rings is 7. The van der Waals surface area contributed by atoms with Gasteiger partial charge in [0.25, 0.3) is 0 Å². The number of aromatic hydroxyl groups is 1. The van der Waals surface area contributed by atoms with Gasteiger partial charge < -0.3 is 5.11 Å². The number of nitrogens with zero attached hydrogens (tertiary/aromatic N) is 3. The van der Waals surface area contributed by atoms with Crippen molar-refractivity contribution in [2.24, 2.45) is 0 Å². The average molecular weight is 850 g/mol. The maximum Gasteiger partial charge on any atom is 0.149 e. The van der Waals surface area contributed by atoms with Crippen LogP contribution in [0.4, 0.5) is 0 Å². The SMILES string of the molecule is Cc1ccc(-c2ccnc(-c3cc(-c4ccccc4)cc(-c4cccc5c4nc(-c4cc(C(C)(C)C)cc(C(C)(C)C)c4O)n5-c4cc(-c5ccccc5)cc(C(C)(C)C)c4)c3)c2)cc1. The lowest BCUT2D eigenvalue weighted by Gasteiger charge is -2.28. The molecule has 1 N–H and O–H groups in total. The van der Waals surface area contributed by atoms with Gasteiger partial charge in [-0.1, -0.05) is 177 Å². The van der Waals surface area contributed by atoms with E-state index >= 15 is 0 Å². The lowest BCUT2D eigenvalue weighted by Crippen LogP contribution is -2.17. The zero-order valence-corrected chi connectivity index (χ0v) is 39.5. The van der Waals surface area contributed by atoms with Crippen LogP contribution in [0.1, 0.15) is 84.6 Å². The number of hydrogen-bond donors (Lipinski definition) is 1. The third kappa shape index (κ3) is 8.66. The van der Waals surface area contributed by atoms with Gasteiger partial charge in [-0.3, -0.25) is 9.55 Å². The first kappa shape index (κ1) is 43.2. The van der Waals surface area contributed by atoms with E-state index in [2.05, 4.69) is 238 Å². The van der Waals surface area contributed by atoms with Crippen molar-refractivity contribution in [2.75, 3.05) is 0 Å². The van der Waals surface area contributed by atoms with E-state index < -0.39 is 0 Å². The number of imidazole rings is 1. The molecular formula is C61H59N3O. The largest absolute Gasteiger partial charge is 0.507 e. The molecule has 0 aliphatic carbocycles. The highest BCUT2D eigenvalue weighted by molar-refractivity contribution is 5.98. The Kier molecular flexibility index (Phi) is 11.0. The third-order valence-corrected chi connectivity index (χ3v) is 12.7. The van der Waals surface area contributed by atoms with Crippen LogP contribution in [0.25, 0.3) is 83.9 Å². The van der Waals surface area contributed by atoms with Crippen molar-refractivity contribution < 1.29 is 5.11 Å². The van der Waals surface area contributed by atoms with Crippen molar-refractivity contribution in [1.82, 2.24) is 14.5 Å². The molecule has 0 fully saturated rings. The first-order valence-electron chi connectivity index (χ1n) is 22.8. The number of phenols is 1. The van der Waals surface area contributed by atoms with Crippen molar-refractivity contribution in [2.45, 2.75) is 85.5 Å². The number of aryl methyl sites for hydroxylation is 1. The van der Waals surface area contributed by atoms with Gasteiger partial charge in [0, 0.05) is 28.6 Å². The van der Waals surface area contributed by atoms with E-state index in [4.69, 9.17) is 9.97 Å². The quantitative estimate of drug-likeness (QED) is 0.174. The van der Waals surface area contributed by atoms with Gasteiger partial charge in [-0.2, -0.15) is 0 Å². The minimum Gasteiger partial charge on any atom is -0.507 e. The van der Waals surface area contributed by atoms with Gasteiger partial charge in [0.05, 0.1) is 22.3 Å². The topological polar surface area (TPSA) is 50.9 Å². The van der Waals surface area contributed by atoms with E-state index in [0.29, 0.717) is 11.4 Å². The second-order valence-corrected chi connectivity index (χ2v) is 20.7. The number of aromatic nitrogens is 3. The predicted molar refractivity (Wildman–Crippen MR) is 274 cm³/mol. The standard InChI is InChI=1S/C61H59N3O/c1-39-24-26-42(27-25-39)43-28-29-62-54(35-43)47-31-44(40-18-13-11-14-19-40)30-46(32-47)51-22-17-23-55-56(51)63-58(52-37-49(60(5,6)7)38-53(57(52)65)61(8,9)10)64(55)50-34-45(41-20-15-12-16-21-41)33-48(36-50)59(2,3)4/h11-38,65H,1-10H3. The van der Waals surface area contributed by atoms with Crippen molar-refractivity contribution in [3.8, 4) is 78.6 Å². The summed E-state index contributed by atoms with van der Waals surface area (Å²) in [5.74, 6) is 0.949. The Labute approximate surface area is 385 Å². The fourth-order valence-corrected chi connectivity index (χ4v) is 8.80. The summed E-state index contributed by atoms with van der Waals surface area (Å²) in [7, 11) is 0. The molecule has 0 unspecified atom stereocenters. The molecule has 4 heteroatoms. The molecule has 65 heavy (non-hydrogen) atoms. The van der Waals surface area contributed by atoms with E-state index in [9.17, 15) is 5.11 Å². The molecule has 0 bridgehead atoms. The Morgan fingerprint density at radius 2 is 1.03 bits per heavy atom. The van der Waals surface area contributed by atoms with Crippen molar-refractivity contribution in [3.05, 3.63) is 192 Å². The molecule has 7 aromatic carbocycles. The molecule has 0 saturated heterocycles. The van der Waals surface area contributed by atoms with Gasteiger partial charge in [0.1, 0.15) is 11.6 Å². The molecule has 0 aliphatic rings. The van der Waals surface area contributed by atoms with Crippen molar-refractivity contribution >= 4 is 11.0 Å². The molecule has 324 valence electrons. The van der Waals surface area contributed by atoms with Crippen molar-refractivity contribution in [1.29, 1.82) is 0 Å². The second-order valence-electron chi connectivity index (χ2n) is 20.7. The number of rotatable bonds is 7. The molecule has 2 heterocycles. The van der Waals surface area contributed by atoms with E-state index in [-0.39, 0.29) is 22.0 Å². The molecule has 0 spiro atoms. The maximum absolute atomic E-state index is 12.6. The summed E-state index contributed by atoms with van der Waals surface area (Å²) in [6, 6.07) is 58.6. The second kappa shape index (κ2) is 16.5. The number of phenolic OH excluding ortho intramolecular Hbond substituents is 1. The van der Waals surface area contributed by atoms with Gasteiger partial charge >= 0.3 is 0 Å². The summed E-state index contributed by atoms with van der Waals surface area (Å²) in [4.78, 5) is 10.7. The zero-order valence-electron chi connectivity index (χ0n) is 39.5. The highest BCUT2D eigenvalue weighted by Crippen LogP contribution is 2.45. The fourth-order valence-electron chi connectivity index (χ4n) is 8.80. The van der Waals surface area contributed by atoms with E-state index in [1.807, 2.05) is 6.20 Å². The Balaban J connectivity index is 1.35. The molecule has 0 aliphatic heterocycles. The molecule has 2 aromatic heterocycles. The Bertz CT molecular complexity index is 3190. The highest BCUT2D eigenvalue weighted by atomic mass is 16.3. The van der Waals surface area contributed by atoms with Gasteiger partial charge in [0.2, 0.25) is 0 Å². The number of fused-ring (bicyclic) bond motifs is 1. The van der Waals surface area contributed by atoms with Crippen LogP contribution in [0.3, 0.4) is 0 Å². The first-order valence-corrected chi connectivity index (χ1v) is 22.8. The minimum absolute atomic E-state index is 0.145. The fraction of sp³-hybridized carbons (Fsp3) is 0.213. The summed E-state index contributed by atoms with van der Waals surface area (Å²) < 4.78 is 2.28. The van der Waals surface area contributed by atoms with Crippen LogP contribution in [0, 0.1) is 6.92 Å². The molecule has 9 aromatic rings. The van der Waals surface area contributed by atoms with Crippen LogP contribution in [0.2, 0.25) is 0 Å². The van der Waals surface area contributed by atoms with Crippen LogP contribution >= 0.6 is 0 Å². The van der Waals surface area contributed by atoms with Gasteiger partial charge in [-0.15, -0.1) is 0 Å². The summed E-state index contributed by atoms with van der Waals surface area (Å²) >= 11 is 0. The minimum atomic E-state index is -0.326. The van der Waals surface area contributed by atoms with E-state index in [1.54, 1.807) is 0 Å². The monoisotopic (exact) mass is 849 g/mol. The van der Waals surface area contributed by atoms with Crippen LogP contribution in [-0.2, 0) is 16.2 Å². The molecule has 0 amide bonds. The van der Waals surface area contributed by atoms with Crippen LogP contribution < -0.4 is 0 Å². The molecule has 0 atom stereocenters. The normalized spacial score (nSPS) is 12.2. The summed E-state index contributed by atoms with van der Waals surface area (Å²) in [5.41, 5.74) is 18.0. The molecule has 9 rings (SSSR count). The average Bonchev–Trinajstić information content (AvgIpc) is 3.68. The van der Waals surface area contributed by atoms with E-state index in [0.717, 1.165) is 83.6 Å². The Morgan fingerprint density at radius 1 is 0.446 bits per heavy atom. The number of hydrogen-bond acceptors (Lipinski definition) is 3. The highest BCUT2D eigenvalue weighted by Gasteiger charge is 2.29. The van der Waals surface area contributed by atoms with Gasteiger partial charge in [-0.25, -0.2) is 4.98 Å². The summed E-state index contributed by atoms with van der Waals surface area (Å²) in [6.07, 6.45) is 1.91. The van der Waals surface area contributed by atoms with Crippen molar-refractivity contribution in [3.63, 3.8) is 0 Å². The lowest BCUT2D eigenvalue weighted by molar-refractivity contribution is 0.446. The van der Waals surface area contributed by atoms with E-state index in [1.165, 1.54) is 11.1 Å². The summed E-state index contributed by atoms with van der Waals surface area (Å²) in [5, 5.41) is 12.6. The Hall–Kier alpha value is -7.04. The van der Waals surface area contributed by atoms with Crippen LogP contribution in [-0.4, -0.2) is 19.6 Å². The smallest absolute Gasteiger partial charge is 0.149 e.